The normalized spacial score (nSPS) is 45.5. The van der Waals surface area contributed by atoms with Crippen LogP contribution in [0.15, 0.2) is 12.2 Å². The SMILES string of the molecule is CN1C(=O)[C@@H]2C3C=CC([C@H]4C(=O)N(C)C(=O)[C@@H]34)[C@@H]2C1=O. The summed E-state index contributed by atoms with van der Waals surface area (Å²) in [6.07, 6.45) is 3.73. The van der Waals surface area contributed by atoms with Crippen molar-refractivity contribution in [1.82, 2.24) is 9.80 Å². The second kappa shape index (κ2) is 3.37. The van der Waals surface area contributed by atoms with Crippen molar-refractivity contribution in [3.05, 3.63) is 12.2 Å². The Morgan fingerprint density at radius 1 is 0.650 bits per heavy atom. The lowest BCUT2D eigenvalue weighted by molar-refractivity contribution is -0.138. The van der Waals surface area contributed by atoms with Gasteiger partial charge in [-0.25, -0.2) is 0 Å². The first-order valence-electron chi connectivity index (χ1n) is 6.76. The molecule has 2 aliphatic heterocycles. The van der Waals surface area contributed by atoms with Crippen molar-refractivity contribution in [2.75, 3.05) is 14.1 Å². The lowest BCUT2D eigenvalue weighted by atomic mass is 9.54. The number of nitrogens with zero attached hydrogens (tertiary/aromatic N) is 2. The lowest BCUT2D eigenvalue weighted by Gasteiger charge is -2.44. The van der Waals surface area contributed by atoms with Gasteiger partial charge in [0.1, 0.15) is 0 Å². The van der Waals surface area contributed by atoms with Crippen molar-refractivity contribution < 1.29 is 19.2 Å². The standard InChI is InChI=1S/C14H14N2O4/c1-15-11(17)7-5-3-4-6(8(7)12(15)18)10-9(5)13(19)16(2)14(10)20/h3-10H,1-2H3/t5?,6?,7-,8+,9+,10-. The van der Waals surface area contributed by atoms with Crippen molar-refractivity contribution in [3.8, 4) is 0 Å². The van der Waals surface area contributed by atoms with Crippen LogP contribution in [0.4, 0.5) is 0 Å². The van der Waals surface area contributed by atoms with Gasteiger partial charge in [0, 0.05) is 25.9 Å². The van der Waals surface area contributed by atoms with Crippen LogP contribution < -0.4 is 0 Å². The van der Waals surface area contributed by atoms with Crippen LogP contribution in [0.3, 0.4) is 0 Å². The van der Waals surface area contributed by atoms with Crippen LogP contribution >= 0.6 is 0 Å². The summed E-state index contributed by atoms with van der Waals surface area (Å²) in [6, 6.07) is 0. The first kappa shape index (κ1) is 11.8. The molecule has 0 aromatic carbocycles. The Hall–Kier alpha value is -1.98. The van der Waals surface area contributed by atoms with Crippen molar-refractivity contribution in [2.45, 2.75) is 0 Å². The second-order valence-electron chi connectivity index (χ2n) is 6.11. The minimum Gasteiger partial charge on any atom is -0.285 e. The molecule has 0 aromatic heterocycles. The monoisotopic (exact) mass is 274 g/mol. The highest BCUT2D eigenvalue weighted by molar-refractivity contribution is 6.10. The highest BCUT2D eigenvalue weighted by Crippen LogP contribution is 2.57. The first-order valence-corrected chi connectivity index (χ1v) is 6.76. The minimum atomic E-state index is -0.466. The molecule has 1 saturated carbocycles. The van der Waals surface area contributed by atoms with Crippen LogP contribution in [0.1, 0.15) is 0 Å². The second-order valence-corrected chi connectivity index (χ2v) is 6.11. The zero-order chi connectivity index (χ0) is 14.3. The lowest BCUT2D eigenvalue weighted by Crippen LogP contribution is -2.50. The Morgan fingerprint density at radius 2 is 0.900 bits per heavy atom. The molecule has 2 unspecified atom stereocenters. The van der Waals surface area contributed by atoms with E-state index in [2.05, 4.69) is 0 Å². The zero-order valence-electron chi connectivity index (χ0n) is 11.1. The predicted molar refractivity (Wildman–Crippen MR) is 65.6 cm³/mol. The predicted octanol–water partition coefficient (Wildman–Crippen LogP) is -0.736. The molecule has 0 radical (unpaired) electrons. The molecule has 0 aromatic rings. The van der Waals surface area contributed by atoms with Crippen LogP contribution in [0.25, 0.3) is 0 Å². The van der Waals surface area contributed by atoms with Crippen molar-refractivity contribution in [2.24, 2.45) is 35.5 Å². The molecule has 5 aliphatic rings. The third-order valence-electron chi connectivity index (χ3n) is 5.45. The summed E-state index contributed by atoms with van der Waals surface area (Å²) < 4.78 is 0. The molecule has 0 spiro atoms. The Morgan fingerprint density at radius 3 is 1.15 bits per heavy atom. The molecule has 6 atom stereocenters. The maximum absolute atomic E-state index is 12.3. The van der Waals surface area contributed by atoms with E-state index < -0.39 is 23.7 Å². The molecule has 2 saturated heterocycles. The molecule has 3 aliphatic carbocycles. The van der Waals surface area contributed by atoms with Crippen LogP contribution in [0.5, 0.6) is 0 Å². The fourth-order valence-corrected chi connectivity index (χ4v) is 4.52. The smallest absolute Gasteiger partial charge is 0.233 e. The quantitative estimate of drug-likeness (QED) is 0.431. The average molecular weight is 274 g/mol. The van der Waals surface area contributed by atoms with E-state index >= 15 is 0 Å². The van der Waals surface area contributed by atoms with Gasteiger partial charge in [0.15, 0.2) is 0 Å². The number of likely N-dealkylation sites (tertiary alicyclic amines) is 2. The van der Waals surface area contributed by atoms with Gasteiger partial charge in [-0.3, -0.25) is 29.0 Å². The van der Waals surface area contributed by atoms with Gasteiger partial charge in [-0.15, -0.1) is 0 Å². The fourth-order valence-electron chi connectivity index (χ4n) is 4.52. The number of hydrogen-bond acceptors (Lipinski definition) is 4. The maximum atomic E-state index is 12.3. The average Bonchev–Trinajstić information content (AvgIpc) is 2.83. The van der Waals surface area contributed by atoms with E-state index in [0.29, 0.717) is 0 Å². The molecule has 6 nitrogen and oxygen atoms in total. The van der Waals surface area contributed by atoms with Gasteiger partial charge in [-0.05, 0) is 0 Å². The van der Waals surface area contributed by atoms with Gasteiger partial charge < -0.3 is 0 Å². The van der Waals surface area contributed by atoms with E-state index in [1.807, 2.05) is 12.2 Å². The third kappa shape index (κ3) is 1.04. The highest BCUT2D eigenvalue weighted by Gasteiger charge is 2.67. The number of rotatable bonds is 0. The van der Waals surface area contributed by atoms with E-state index in [4.69, 9.17) is 0 Å². The molecule has 2 heterocycles. The van der Waals surface area contributed by atoms with E-state index in [0.717, 1.165) is 9.80 Å². The summed E-state index contributed by atoms with van der Waals surface area (Å²) in [5.74, 6) is -3.37. The van der Waals surface area contributed by atoms with Gasteiger partial charge in [0.25, 0.3) is 0 Å². The van der Waals surface area contributed by atoms with Crippen molar-refractivity contribution in [1.29, 1.82) is 0 Å². The topological polar surface area (TPSA) is 74.8 Å². The summed E-state index contributed by atoms with van der Waals surface area (Å²) in [5, 5.41) is 0. The summed E-state index contributed by atoms with van der Waals surface area (Å²) in [4.78, 5) is 51.3. The number of imide groups is 2. The van der Waals surface area contributed by atoms with Gasteiger partial charge in [0.05, 0.1) is 23.7 Å². The zero-order valence-corrected chi connectivity index (χ0v) is 11.1. The molecule has 20 heavy (non-hydrogen) atoms. The Balaban J connectivity index is 1.87. The van der Waals surface area contributed by atoms with Crippen LogP contribution in [-0.2, 0) is 19.2 Å². The van der Waals surface area contributed by atoms with E-state index in [-0.39, 0.29) is 35.5 Å². The molecule has 2 bridgehead atoms. The van der Waals surface area contributed by atoms with E-state index in [1.165, 1.54) is 14.1 Å². The molecule has 4 amide bonds. The maximum Gasteiger partial charge on any atom is 0.233 e. The molecule has 5 rings (SSSR count). The van der Waals surface area contributed by atoms with E-state index in [9.17, 15) is 19.2 Å². The van der Waals surface area contributed by atoms with E-state index in [1.54, 1.807) is 0 Å². The summed E-state index contributed by atoms with van der Waals surface area (Å²) in [5.41, 5.74) is 0. The van der Waals surface area contributed by atoms with Crippen LogP contribution in [-0.4, -0.2) is 47.5 Å². The third-order valence-corrected chi connectivity index (χ3v) is 5.45. The molecule has 0 N–H and O–H groups in total. The number of carbonyl (C=O) groups is 4. The minimum absolute atomic E-state index is 0.215. The largest absolute Gasteiger partial charge is 0.285 e. The molecular weight excluding hydrogens is 260 g/mol. The Labute approximate surface area is 115 Å². The van der Waals surface area contributed by atoms with Crippen molar-refractivity contribution in [3.63, 3.8) is 0 Å². The summed E-state index contributed by atoms with van der Waals surface area (Å²) in [6.45, 7) is 0. The fraction of sp³-hybridized carbons (Fsp3) is 0.571. The molecule has 3 fully saturated rings. The van der Waals surface area contributed by atoms with Gasteiger partial charge >= 0.3 is 0 Å². The highest BCUT2D eigenvalue weighted by atomic mass is 16.2. The summed E-state index contributed by atoms with van der Waals surface area (Å²) >= 11 is 0. The van der Waals surface area contributed by atoms with Crippen molar-refractivity contribution >= 4 is 23.6 Å². The van der Waals surface area contributed by atoms with Crippen LogP contribution in [0, 0.1) is 35.5 Å². The van der Waals surface area contributed by atoms with Gasteiger partial charge in [-0.1, -0.05) is 12.2 Å². The molecule has 6 heteroatoms. The Bertz CT molecular complexity index is 514. The van der Waals surface area contributed by atoms with Gasteiger partial charge in [0.2, 0.25) is 23.6 Å². The Kier molecular flexibility index (Phi) is 1.99. The molecule has 104 valence electrons. The van der Waals surface area contributed by atoms with Gasteiger partial charge in [-0.2, -0.15) is 0 Å². The number of carbonyl (C=O) groups excluding carboxylic acids is 4. The first-order chi connectivity index (χ1) is 9.45. The summed E-state index contributed by atoms with van der Waals surface area (Å²) in [7, 11) is 2.96. The van der Waals surface area contributed by atoms with Crippen LogP contribution in [0.2, 0.25) is 0 Å². The number of amides is 4. The number of hydrogen-bond donors (Lipinski definition) is 0. The number of allylic oxidation sites excluding steroid dienone is 2. The molecular formula is C14H14N2O4.